The normalized spacial score (nSPS) is 28.5. The Morgan fingerprint density at radius 2 is 2.06 bits per heavy atom. The van der Waals surface area contributed by atoms with Crippen molar-refractivity contribution >= 4 is 17.4 Å². The zero-order valence-corrected chi connectivity index (χ0v) is 18.9. The molecule has 0 fully saturated rings. The van der Waals surface area contributed by atoms with E-state index in [1.54, 1.807) is 13.2 Å². The molecule has 5 rings (SSSR count). The molecule has 0 saturated heterocycles. The van der Waals surface area contributed by atoms with Crippen LogP contribution in [0.5, 0.6) is 5.75 Å². The zero-order chi connectivity index (χ0) is 23.0. The highest BCUT2D eigenvalue weighted by atomic mass is 16.5. The van der Waals surface area contributed by atoms with Crippen LogP contribution in [-0.4, -0.2) is 32.1 Å². The van der Waals surface area contributed by atoms with Crippen molar-refractivity contribution in [2.45, 2.75) is 25.2 Å². The van der Waals surface area contributed by atoms with E-state index in [9.17, 15) is 9.59 Å². The van der Waals surface area contributed by atoms with Crippen molar-refractivity contribution in [1.82, 2.24) is 5.32 Å². The molecule has 4 atom stereocenters. The highest BCUT2D eigenvalue weighted by Crippen LogP contribution is 2.60. The molecular formula is C28H29NO4. The lowest BCUT2D eigenvalue weighted by Gasteiger charge is -2.45. The van der Waals surface area contributed by atoms with Gasteiger partial charge in [0, 0.05) is 12.5 Å². The molecule has 2 aliphatic carbocycles. The second kappa shape index (κ2) is 8.54. The van der Waals surface area contributed by atoms with Gasteiger partial charge in [0.15, 0.2) is 0 Å². The number of amides is 1. The Balaban J connectivity index is 1.80. The molecule has 2 aromatic rings. The van der Waals surface area contributed by atoms with Gasteiger partial charge in [-0.3, -0.25) is 9.59 Å². The first kappa shape index (κ1) is 21.5. The topological polar surface area (TPSA) is 64.6 Å². The number of carbonyl (C=O) groups excluding carboxylic acids is 2. The number of carbonyl (C=O) groups is 2. The standard InChI is InChI=1S/C28H29NO4/c1-3-12-28-17-22(18-9-6-10-20(15-18)32-2)25(26(30)29-13-7-14-33-27(28)31)24-21-11-5-4-8-19(21)16-23(24)28/h3-6,8-11,15,17,23-25H,1,7,12-14,16H2,2H3,(H,29,30)/t23-,24+,25+,28-/m0/s1. The van der Waals surface area contributed by atoms with E-state index in [1.807, 2.05) is 42.5 Å². The van der Waals surface area contributed by atoms with Gasteiger partial charge in [-0.1, -0.05) is 48.6 Å². The van der Waals surface area contributed by atoms with E-state index < -0.39 is 11.3 Å². The van der Waals surface area contributed by atoms with Gasteiger partial charge < -0.3 is 14.8 Å². The Bertz CT molecular complexity index is 1140. The first-order chi connectivity index (χ1) is 16.1. The summed E-state index contributed by atoms with van der Waals surface area (Å²) < 4.78 is 11.3. The van der Waals surface area contributed by atoms with Gasteiger partial charge in [0.1, 0.15) is 5.75 Å². The molecule has 1 amide bonds. The van der Waals surface area contributed by atoms with Gasteiger partial charge in [0.25, 0.3) is 0 Å². The third-order valence-electron chi connectivity index (χ3n) is 7.46. The fraction of sp³-hybridized carbons (Fsp3) is 0.357. The average molecular weight is 444 g/mol. The van der Waals surface area contributed by atoms with E-state index in [4.69, 9.17) is 9.47 Å². The summed E-state index contributed by atoms with van der Waals surface area (Å²) in [6.07, 6.45) is 5.61. The SMILES string of the molecule is C=CC[C@@]12C=C(c3cccc(OC)c3)[C@@H](C(=O)NCCCOC1=O)[C@@H]1c3ccccc3C[C@@H]12. The fourth-order valence-electron chi connectivity index (χ4n) is 6.01. The molecule has 0 aromatic heterocycles. The molecule has 0 spiro atoms. The average Bonchev–Trinajstić information content (AvgIpc) is 3.22. The summed E-state index contributed by atoms with van der Waals surface area (Å²) in [5.41, 5.74) is 3.20. The van der Waals surface area contributed by atoms with Crippen molar-refractivity contribution in [3.63, 3.8) is 0 Å². The van der Waals surface area contributed by atoms with E-state index in [0.717, 1.165) is 23.1 Å². The molecule has 5 heteroatoms. The molecule has 1 aliphatic heterocycles. The summed E-state index contributed by atoms with van der Waals surface area (Å²) in [7, 11) is 1.63. The van der Waals surface area contributed by atoms with Crippen LogP contribution in [0, 0.1) is 17.3 Å². The number of allylic oxidation sites excluding steroid dienone is 1. The van der Waals surface area contributed by atoms with Crippen LogP contribution in [0.4, 0.5) is 0 Å². The predicted octanol–water partition coefficient (Wildman–Crippen LogP) is 4.29. The highest BCUT2D eigenvalue weighted by Gasteiger charge is 2.58. The van der Waals surface area contributed by atoms with Crippen LogP contribution in [0.2, 0.25) is 0 Å². The van der Waals surface area contributed by atoms with Crippen molar-refractivity contribution < 1.29 is 19.1 Å². The summed E-state index contributed by atoms with van der Waals surface area (Å²) in [5, 5.41) is 3.11. The number of benzene rings is 2. The van der Waals surface area contributed by atoms with E-state index in [1.165, 1.54) is 5.56 Å². The molecule has 2 aromatic carbocycles. The van der Waals surface area contributed by atoms with Gasteiger partial charge in [-0.25, -0.2) is 0 Å². The number of hydrogen-bond donors (Lipinski definition) is 1. The van der Waals surface area contributed by atoms with E-state index in [-0.39, 0.29) is 30.3 Å². The third-order valence-corrected chi connectivity index (χ3v) is 7.46. The smallest absolute Gasteiger partial charge is 0.316 e. The van der Waals surface area contributed by atoms with Crippen LogP contribution in [0.25, 0.3) is 5.57 Å². The summed E-state index contributed by atoms with van der Waals surface area (Å²) in [4.78, 5) is 27.4. The third kappa shape index (κ3) is 3.47. The Kier molecular flexibility index (Phi) is 5.57. The number of methoxy groups -OCH3 is 1. The van der Waals surface area contributed by atoms with Crippen LogP contribution in [0.1, 0.15) is 35.4 Å². The van der Waals surface area contributed by atoms with E-state index in [0.29, 0.717) is 25.1 Å². The first-order valence-electron chi connectivity index (χ1n) is 11.6. The zero-order valence-electron chi connectivity index (χ0n) is 18.9. The number of esters is 1. The largest absolute Gasteiger partial charge is 0.497 e. The molecule has 0 radical (unpaired) electrons. The number of cyclic esters (lactones) is 1. The van der Waals surface area contributed by atoms with Gasteiger partial charge in [0.2, 0.25) is 5.91 Å². The lowest BCUT2D eigenvalue weighted by molar-refractivity contribution is -0.157. The highest BCUT2D eigenvalue weighted by molar-refractivity contribution is 5.97. The molecule has 33 heavy (non-hydrogen) atoms. The lowest BCUT2D eigenvalue weighted by Crippen LogP contribution is -2.47. The molecule has 2 bridgehead atoms. The van der Waals surface area contributed by atoms with Crippen molar-refractivity contribution in [2.24, 2.45) is 17.3 Å². The second-order valence-corrected chi connectivity index (χ2v) is 9.16. The van der Waals surface area contributed by atoms with Crippen molar-refractivity contribution in [3.8, 4) is 5.75 Å². The summed E-state index contributed by atoms with van der Waals surface area (Å²) in [6, 6.07) is 16.0. The molecule has 170 valence electrons. The van der Waals surface area contributed by atoms with Crippen molar-refractivity contribution in [3.05, 3.63) is 84.0 Å². The molecule has 0 unspecified atom stereocenters. The summed E-state index contributed by atoms with van der Waals surface area (Å²) in [5.74, 6) is -0.130. The molecule has 5 nitrogen and oxygen atoms in total. The maximum Gasteiger partial charge on any atom is 0.316 e. The Morgan fingerprint density at radius 3 is 2.88 bits per heavy atom. The van der Waals surface area contributed by atoms with Gasteiger partial charge in [-0.2, -0.15) is 0 Å². The van der Waals surface area contributed by atoms with E-state index >= 15 is 0 Å². The molecule has 0 saturated carbocycles. The van der Waals surface area contributed by atoms with Gasteiger partial charge in [0.05, 0.1) is 25.0 Å². The molecule has 1 N–H and O–H groups in total. The summed E-state index contributed by atoms with van der Waals surface area (Å²) in [6.45, 7) is 4.74. The Morgan fingerprint density at radius 1 is 1.21 bits per heavy atom. The quantitative estimate of drug-likeness (QED) is 0.566. The van der Waals surface area contributed by atoms with Gasteiger partial charge in [-0.05, 0) is 59.6 Å². The number of ether oxygens (including phenoxy) is 2. The lowest BCUT2D eigenvalue weighted by atomic mass is 9.57. The Hall–Kier alpha value is -3.34. The maximum atomic E-state index is 13.7. The van der Waals surface area contributed by atoms with Crippen LogP contribution in [0.15, 0.2) is 67.3 Å². The minimum atomic E-state index is -0.884. The van der Waals surface area contributed by atoms with Crippen molar-refractivity contribution in [2.75, 3.05) is 20.3 Å². The minimum absolute atomic E-state index is 0.00248. The van der Waals surface area contributed by atoms with Crippen LogP contribution >= 0.6 is 0 Å². The molecule has 3 aliphatic rings. The fourth-order valence-corrected chi connectivity index (χ4v) is 6.01. The van der Waals surface area contributed by atoms with Gasteiger partial charge in [-0.15, -0.1) is 6.58 Å². The van der Waals surface area contributed by atoms with Crippen molar-refractivity contribution in [1.29, 1.82) is 0 Å². The first-order valence-corrected chi connectivity index (χ1v) is 11.6. The van der Waals surface area contributed by atoms with Crippen LogP contribution in [-0.2, 0) is 20.7 Å². The van der Waals surface area contributed by atoms with Crippen LogP contribution in [0.3, 0.4) is 0 Å². The molecular weight excluding hydrogens is 414 g/mol. The number of rotatable bonds is 4. The predicted molar refractivity (Wildman–Crippen MR) is 127 cm³/mol. The number of hydrogen-bond acceptors (Lipinski definition) is 4. The maximum absolute atomic E-state index is 13.7. The second-order valence-electron chi connectivity index (χ2n) is 9.16. The van der Waals surface area contributed by atoms with E-state index in [2.05, 4.69) is 24.0 Å². The monoisotopic (exact) mass is 443 g/mol. The number of fused-ring (bicyclic) bond motifs is 7. The summed E-state index contributed by atoms with van der Waals surface area (Å²) >= 11 is 0. The minimum Gasteiger partial charge on any atom is -0.497 e. The van der Waals surface area contributed by atoms with Gasteiger partial charge >= 0.3 is 5.97 Å². The van der Waals surface area contributed by atoms with Crippen LogP contribution < -0.4 is 10.1 Å². The molecule has 1 heterocycles. The Labute approximate surface area is 194 Å². The number of nitrogens with one attached hydrogen (secondary N) is 1.